The van der Waals surface area contributed by atoms with E-state index in [-0.39, 0.29) is 17.2 Å². The van der Waals surface area contributed by atoms with E-state index in [2.05, 4.69) is 22.8 Å². The average molecular weight is 338 g/mol. The molecule has 0 unspecified atom stereocenters. The number of benzene rings is 2. The number of ketones is 1. The standard InChI is InChI=1S/C20H22N2O3/c1-14(23)15-3-7-17(8-4-15)22-19(24)21-13-20(11-12-20)16-5-9-18(25-2)10-6-16/h3-10H,11-13H2,1-2H3,(H2,21,22,24). The highest BCUT2D eigenvalue weighted by Gasteiger charge is 2.44. The van der Waals surface area contributed by atoms with Crippen LogP contribution in [0, 0.1) is 0 Å². The molecular weight excluding hydrogens is 316 g/mol. The Kier molecular flexibility index (Phi) is 4.74. The maximum absolute atomic E-state index is 12.1. The lowest BCUT2D eigenvalue weighted by Crippen LogP contribution is -2.35. The van der Waals surface area contributed by atoms with Crippen molar-refractivity contribution in [3.05, 3.63) is 59.7 Å². The number of ether oxygens (including phenoxy) is 1. The second kappa shape index (κ2) is 6.97. The van der Waals surface area contributed by atoms with E-state index < -0.39 is 0 Å². The molecule has 0 spiro atoms. The van der Waals surface area contributed by atoms with Gasteiger partial charge in [-0.1, -0.05) is 12.1 Å². The van der Waals surface area contributed by atoms with Crippen LogP contribution >= 0.6 is 0 Å². The van der Waals surface area contributed by atoms with E-state index in [9.17, 15) is 9.59 Å². The third-order valence-corrected chi connectivity index (χ3v) is 4.69. The molecule has 1 saturated carbocycles. The predicted octanol–water partition coefficient (Wildman–Crippen LogP) is 3.75. The largest absolute Gasteiger partial charge is 0.497 e. The maximum Gasteiger partial charge on any atom is 0.319 e. The molecule has 1 aliphatic rings. The van der Waals surface area contributed by atoms with Gasteiger partial charge in [-0.15, -0.1) is 0 Å². The van der Waals surface area contributed by atoms with Gasteiger partial charge in [-0.05, 0) is 61.7 Å². The molecule has 3 rings (SSSR count). The quantitative estimate of drug-likeness (QED) is 0.788. The van der Waals surface area contributed by atoms with Gasteiger partial charge in [-0.25, -0.2) is 4.79 Å². The van der Waals surface area contributed by atoms with Gasteiger partial charge in [-0.3, -0.25) is 4.79 Å². The Morgan fingerprint density at radius 1 is 1.04 bits per heavy atom. The number of nitrogens with one attached hydrogen (secondary N) is 2. The van der Waals surface area contributed by atoms with Crippen LogP contribution in [0.2, 0.25) is 0 Å². The SMILES string of the molecule is COc1ccc(C2(CNC(=O)Nc3ccc(C(C)=O)cc3)CC2)cc1. The lowest BCUT2D eigenvalue weighted by Gasteiger charge is -2.17. The zero-order valence-electron chi connectivity index (χ0n) is 14.5. The first kappa shape index (κ1) is 17.0. The Morgan fingerprint density at radius 3 is 2.20 bits per heavy atom. The Labute approximate surface area is 147 Å². The number of carbonyl (C=O) groups excluding carboxylic acids is 2. The zero-order valence-corrected chi connectivity index (χ0v) is 14.5. The predicted molar refractivity (Wildman–Crippen MR) is 97.4 cm³/mol. The van der Waals surface area contributed by atoms with Crippen molar-refractivity contribution in [3.8, 4) is 5.75 Å². The molecule has 1 aliphatic carbocycles. The van der Waals surface area contributed by atoms with E-state index in [4.69, 9.17) is 4.74 Å². The summed E-state index contributed by atoms with van der Waals surface area (Å²) in [5.74, 6) is 0.838. The minimum absolute atomic E-state index is 0.00571. The number of rotatable bonds is 6. The first-order valence-corrected chi connectivity index (χ1v) is 8.33. The molecule has 2 N–H and O–H groups in total. The highest BCUT2D eigenvalue weighted by atomic mass is 16.5. The number of methoxy groups -OCH3 is 1. The van der Waals surface area contributed by atoms with Gasteiger partial charge < -0.3 is 15.4 Å². The third kappa shape index (κ3) is 3.99. The molecule has 1 fully saturated rings. The minimum Gasteiger partial charge on any atom is -0.497 e. The first-order valence-electron chi connectivity index (χ1n) is 8.33. The summed E-state index contributed by atoms with van der Waals surface area (Å²) in [6.07, 6.45) is 2.12. The van der Waals surface area contributed by atoms with Crippen LogP contribution in [0.1, 0.15) is 35.7 Å². The van der Waals surface area contributed by atoms with Gasteiger partial charge in [0.1, 0.15) is 5.75 Å². The third-order valence-electron chi connectivity index (χ3n) is 4.69. The maximum atomic E-state index is 12.1. The summed E-state index contributed by atoms with van der Waals surface area (Å²) in [5, 5.41) is 5.75. The fraction of sp³-hybridized carbons (Fsp3) is 0.300. The van der Waals surface area contributed by atoms with E-state index in [1.54, 1.807) is 31.4 Å². The monoisotopic (exact) mass is 338 g/mol. The van der Waals surface area contributed by atoms with Crippen molar-refractivity contribution in [2.24, 2.45) is 0 Å². The van der Waals surface area contributed by atoms with Gasteiger partial charge in [0.05, 0.1) is 7.11 Å². The van der Waals surface area contributed by atoms with Crippen LogP contribution in [0.25, 0.3) is 0 Å². The van der Waals surface area contributed by atoms with E-state index in [0.29, 0.717) is 17.8 Å². The topological polar surface area (TPSA) is 67.4 Å². The van der Waals surface area contributed by atoms with Crippen molar-refractivity contribution in [2.45, 2.75) is 25.2 Å². The number of amides is 2. The van der Waals surface area contributed by atoms with Gasteiger partial charge in [0.2, 0.25) is 0 Å². The normalized spacial score (nSPS) is 14.5. The van der Waals surface area contributed by atoms with Crippen LogP contribution in [0.3, 0.4) is 0 Å². The van der Waals surface area contributed by atoms with E-state index in [1.807, 2.05) is 12.1 Å². The Morgan fingerprint density at radius 2 is 1.68 bits per heavy atom. The number of urea groups is 1. The molecule has 0 bridgehead atoms. The molecule has 0 aliphatic heterocycles. The van der Waals surface area contributed by atoms with Crippen LogP contribution in [0.15, 0.2) is 48.5 Å². The number of hydrogen-bond donors (Lipinski definition) is 2. The Hall–Kier alpha value is -2.82. The summed E-state index contributed by atoms with van der Waals surface area (Å²) in [4.78, 5) is 23.4. The van der Waals surface area contributed by atoms with Crippen LogP contribution in [0.5, 0.6) is 5.75 Å². The Balaban J connectivity index is 1.55. The molecule has 25 heavy (non-hydrogen) atoms. The second-order valence-electron chi connectivity index (χ2n) is 6.45. The van der Waals surface area contributed by atoms with Crippen molar-refractivity contribution in [1.29, 1.82) is 0 Å². The van der Waals surface area contributed by atoms with Crippen LogP contribution in [-0.4, -0.2) is 25.5 Å². The van der Waals surface area contributed by atoms with Gasteiger partial charge >= 0.3 is 6.03 Å². The van der Waals surface area contributed by atoms with Crippen molar-refractivity contribution in [1.82, 2.24) is 5.32 Å². The second-order valence-corrected chi connectivity index (χ2v) is 6.45. The Bertz CT molecular complexity index is 763. The van der Waals surface area contributed by atoms with Crippen molar-refractivity contribution >= 4 is 17.5 Å². The molecule has 2 aromatic carbocycles. The first-order chi connectivity index (χ1) is 12.0. The molecule has 2 aromatic rings. The molecule has 0 radical (unpaired) electrons. The van der Waals surface area contributed by atoms with Gasteiger partial charge in [-0.2, -0.15) is 0 Å². The van der Waals surface area contributed by atoms with Gasteiger partial charge in [0.25, 0.3) is 0 Å². The number of carbonyl (C=O) groups is 2. The van der Waals surface area contributed by atoms with Crippen molar-refractivity contribution in [3.63, 3.8) is 0 Å². The molecule has 2 amide bonds. The number of anilines is 1. The lowest BCUT2D eigenvalue weighted by molar-refractivity contribution is 0.101. The van der Waals surface area contributed by atoms with E-state index in [0.717, 1.165) is 18.6 Å². The van der Waals surface area contributed by atoms with Crippen molar-refractivity contribution in [2.75, 3.05) is 19.0 Å². The summed E-state index contributed by atoms with van der Waals surface area (Å²) in [6.45, 7) is 2.11. The van der Waals surface area contributed by atoms with Gasteiger partial charge in [0.15, 0.2) is 5.78 Å². The molecular formula is C20H22N2O3. The summed E-state index contributed by atoms with van der Waals surface area (Å²) < 4.78 is 5.19. The molecule has 0 atom stereocenters. The molecule has 0 saturated heterocycles. The highest BCUT2D eigenvalue weighted by Crippen LogP contribution is 2.47. The molecule has 0 aromatic heterocycles. The highest BCUT2D eigenvalue weighted by molar-refractivity contribution is 5.95. The summed E-state index contributed by atoms with van der Waals surface area (Å²) in [6, 6.07) is 14.7. The molecule has 130 valence electrons. The van der Waals surface area contributed by atoms with Crippen LogP contribution in [0.4, 0.5) is 10.5 Å². The fourth-order valence-electron chi connectivity index (χ4n) is 2.88. The summed E-state index contributed by atoms with van der Waals surface area (Å²) in [7, 11) is 1.65. The molecule has 0 heterocycles. The average Bonchev–Trinajstić information content (AvgIpc) is 3.42. The number of Topliss-reactive ketones (excluding diaryl/α,β-unsaturated/α-hetero) is 1. The van der Waals surface area contributed by atoms with Gasteiger partial charge in [0, 0.05) is 23.2 Å². The fourth-order valence-corrected chi connectivity index (χ4v) is 2.88. The summed E-state index contributed by atoms with van der Waals surface area (Å²) in [5.41, 5.74) is 2.54. The van der Waals surface area contributed by atoms with E-state index in [1.165, 1.54) is 12.5 Å². The van der Waals surface area contributed by atoms with Crippen molar-refractivity contribution < 1.29 is 14.3 Å². The zero-order chi connectivity index (χ0) is 17.9. The minimum atomic E-state index is -0.240. The molecule has 5 heteroatoms. The van der Waals surface area contributed by atoms with Crippen LogP contribution in [-0.2, 0) is 5.41 Å². The molecule has 5 nitrogen and oxygen atoms in total. The lowest BCUT2D eigenvalue weighted by atomic mass is 9.96. The number of hydrogen-bond acceptors (Lipinski definition) is 3. The van der Waals surface area contributed by atoms with E-state index >= 15 is 0 Å². The smallest absolute Gasteiger partial charge is 0.319 e. The van der Waals surface area contributed by atoms with Crippen LogP contribution < -0.4 is 15.4 Å². The summed E-state index contributed by atoms with van der Waals surface area (Å²) >= 11 is 0.